The van der Waals surface area contributed by atoms with Gasteiger partial charge in [0.25, 0.3) is 0 Å². The Bertz CT molecular complexity index is 3860. The van der Waals surface area contributed by atoms with Crippen molar-refractivity contribution >= 4 is 76.5 Å². The molecule has 0 amide bonds. The lowest BCUT2D eigenvalue weighted by molar-refractivity contribution is 0.669. The lowest BCUT2D eigenvalue weighted by Crippen LogP contribution is -2.03. The van der Waals surface area contributed by atoms with E-state index in [-0.39, 0.29) is 0 Å². The maximum absolute atomic E-state index is 6.56. The molecule has 0 aliphatic carbocycles. The van der Waals surface area contributed by atoms with Crippen LogP contribution in [-0.4, -0.2) is 19.1 Å². The molecule has 13 aromatic rings. The number of furan rings is 1. The predicted molar refractivity (Wildman–Crippen MR) is 252 cm³/mol. The molecule has 61 heavy (non-hydrogen) atoms. The minimum atomic E-state index is 0.626. The average molecular weight is 779 g/mol. The van der Waals surface area contributed by atoms with E-state index >= 15 is 0 Å². The Morgan fingerprint density at radius 1 is 0.344 bits per heavy atom. The summed E-state index contributed by atoms with van der Waals surface area (Å²) >= 11 is 0. The van der Waals surface area contributed by atoms with Crippen molar-refractivity contribution in [2.24, 2.45) is 0 Å². The smallest absolute Gasteiger partial charge is 0.235 e. The van der Waals surface area contributed by atoms with Gasteiger partial charge in [-0.15, -0.1) is 0 Å². The minimum absolute atomic E-state index is 0.626. The van der Waals surface area contributed by atoms with E-state index in [2.05, 4.69) is 209 Å². The van der Waals surface area contributed by atoms with Crippen LogP contribution in [0.25, 0.3) is 122 Å². The number of para-hydroxylation sites is 3. The molecule has 0 fully saturated rings. The zero-order valence-corrected chi connectivity index (χ0v) is 32.8. The monoisotopic (exact) mass is 778 g/mol. The number of benzene rings is 9. The van der Waals surface area contributed by atoms with Gasteiger partial charge in [0.15, 0.2) is 0 Å². The van der Waals surface area contributed by atoms with Crippen molar-refractivity contribution in [3.8, 4) is 45.1 Å². The van der Waals surface area contributed by atoms with Crippen LogP contribution < -0.4 is 0 Å². The van der Waals surface area contributed by atoms with Gasteiger partial charge in [-0.3, -0.25) is 4.57 Å². The van der Waals surface area contributed by atoms with Gasteiger partial charge in [0.05, 0.1) is 38.7 Å². The van der Waals surface area contributed by atoms with E-state index in [1.54, 1.807) is 0 Å². The molecule has 9 aromatic carbocycles. The number of hydrogen-bond donors (Lipinski definition) is 0. The quantitative estimate of drug-likeness (QED) is 0.175. The fourth-order valence-electron chi connectivity index (χ4n) is 9.62. The Morgan fingerprint density at radius 2 is 0.967 bits per heavy atom. The van der Waals surface area contributed by atoms with Crippen LogP contribution in [-0.2, 0) is 0 Å². The Hall–Kier alpha value is -8.28. The summed E-state index contributed by atoms with van der Waals surface area (Å²) in [6, 6.07) is 73.0. The normalized spacial score (nSPS) is 11.9. The molecular formula is C56H34N4O. The highest BCUT2D eigenvalue weighted by Gasteiger charge is 2.25. The van der Waals surface area contributed by atoms with E-state index in [0.29, 0.717) is 5.95 Å². The van der Waals surface area contributed by atoms with E-state index in [1.165, 1.54) is 11.1 Å². The first-order valence-electron chi connectivity index (χ1n) is 20.7. The molecule has 4 heterocycles. The van der Waals surface area contributed by atoms with Crippen LogP contribution in [0.4, 0.5) is 0 Å². The summed E-state index contributed by atoms with van der Waals surface area (Å²) in [5.41, 5.74) is 14.6. The third kappa shape index (κ3) is 5.08. The molecule has 284 valence electrons. The number of rotatable bonds is 5. The molecule has 0 unspecified atom stereocenters. The van der Waals surface area contributed by atoms with Crippen LogP contribution in [0.1, 0.15) is 0 Å². The Labute approximate surface area is 350 Å². The summed E-state index contributed by atoms with van der Waals surface area (Å²) in [6.07, 6.45) is 0. The van der Waals surface area contributed by atoms with Crippen LogP contribution in [0, 0.1) is 0 Å². The van der Waals surface area contributed by atoms with Crippen molar-refractivity contribution in [1.29, 1.82) is 0 Å². The molecule has 5 nitrogen and oxygen atoms in total. The van der Waals surface area contributed by atoms with Gasteiger partial charge >= 0.3 is 0 Å². The Morgan fingerprint density at radius 3 is 1.79 bits per heavy atom. The van der Waals surface area contributed by atoms with Gasteiger partial charge in [0.1, 0.15) is 11.2 Å². The highest BCUT2D eigenvalue weighted by atomic mass is 16.3. The molecule has 0 radical (unpaired) electrons. The molecule has 0 bridgehead atoms. The topological polar surface area (TPSA) is 48.8 Å². The van der Waals surface area contributed by atoms with E-state index < -0.39 is 0 Å². The summed E-state index contributed by atoms with van der Waals surface area (Å²) in [7, 11) is 0. The van der Waals surface area contributed by atoms with Gasteiger partial charge < -0.3 is 8.98 Å². The van der Waals surface area contributed by atoms with Crippen LogP contribution in [0.3, 0.4) is 0 Å². The number of fused-ring (bicyclic) bond motifs is 12. The van der Waals surface area contributed by atoms with Crippen LogP contribution >= 0.6 is 0 Å². The maximum atomic E-state index is 6.56. The van der Waals surface area contributed by atoms with Gasteiger partial charge in [0.2, 0.25) is 5.95 Å². The summed E-state index contributed by atoms with van der Waals surface area (Å²) in [5.74, 6) is 0.626. The van der Waals surface area contributed by atoms with Gasteiger partial charge in [-0.25, -0.2) is 9.97 Å². The number of hydrogen-bond acceptors (Lipinski definition) is 3. The fraction of sp³-hybridized carbons (Fsp3) is 0. The van der Waals surface area contributed by atoms with Crippen molar-refractivity contribution in [2.45, 2.75) is 0 Å². The molecule has 0 N–H and O–H groups in total. The summed E-state index contributed by atoms with van der Waals surface area (Å²) in [6.45, 7) is 0. The first-order valence-corrected chi connectivity index (χ1v) is 20.7. The summed E-state index contributed by atoms with van der Waals surface area (Å²) in [4.78, 5) is 10.9. The molecule has 0 atom stereocenters. The Kier molecular flexibility index (Phi) is 7.24. The van der Waals surface area contributed by atoms with Crippen molar-refractivity contribution < 1.29 is 4.42 Å². The van der Waals surface area contributed by atoms with E-state index in [1.807, 2.05) is 6.07 Å². The standard InChI is InChI=1S/C56H34N4O/c1-3-14-35(15-4-1)37-26-28-38(29-27-37)53-43-21-7-10-23-46(43)57-56(58-53)60-47-24-11-8-20-41(47)42-30-32-48-51(54(42)60)45-31-33-50-52(44-22-9-12-25-49(44)61-50)55(45)59(48)40-19-13-18-39(34-40)36-16-5-2-6-17-36/h1-34H. The van der Waals surface area contributed by atoms with Crippen LogP contribution in [0.5, 0.6) is 0 Å². The Balaban J connectivity index is 1.15. The summed E-state index contributed by atoms with van der Waals surface area (Å²) < 4.78 is 11.3. The van der Waals surface area contributed by atoms with Gasteiger partial charge in [-0.05, 0) is 70.8 Å². The largest absolute Gasteiger partial charge is 0.456 e. The molecule has 0 aliphatic rings. The average Bonchev–Trinajstić information content (AvgIpc) is 3.99. The fourth-order valence-corrected chi connectivity index (χ4v) is 9.62. The second-order valence-electron chi connectivity index (χ2n) is 15.7. The molecule has 5 heteroatoms. The lowest BCUT2D eigenvalue weighted by atomic mass is 10.0. The van der Waals surface area contributed by atoms with Gasteiger partial charge in [0, 0.05) is 43.6 Å². The third-order valence-corrected chi connectivity index (χ3v) is 12.3. The van der Waals surface area contributed by atoms with E-state index in [9.17, 15) is 0 Å². The maximum Gasteiger partial charge on any atom is 0.235 e. The first kappa shape index (κ1) is 33.7. The zero-order chi connectivity index (χ0) is 40.0. The second kappa shape index (κ2) is 13.1. The highest BCUT2D eigenvalue weighted by molar-refractivity contribution is 6.31. The van der Waals surface area contributed by atoms with Gasteiger partial charge in [-0.1, -0.05) is 158 Å². The highest BCUT2D eigenvalue weighted by Crippen LogP contribution is 2.46. The number of nitrogens with zero attached hydrogens (tertiary/aromatic N) is 4. The molecule has 0 spiro atoms. The summed E-state index contributed by atoms with van der Waals surface area (Å²) in [5, 5.41) is 7.73. The van der Waals surface area contributed by atoms with Crippen molar-refractivity contribution in [1.82, 2.24) is 19.1 Å². The zero-order valence-electron chi connectivity index (χ0n) is 32.8. The third-order valence-electron chi connectivity index (χ3n) is 12.3. The molecule has 0 saturated carbocycles. The molecule has 0 saturated heterocycles. The van der Waals surface area contributed by atoms with Crippen molar-refractivity contribution in [3.63, 3.8) is 0 Å². The molecular weight excluding hydrogens is 745 g/mol. The van der Waals surface area contributed by atoms with Crippen molar-refractivity contribution in [3.05, 3.63) is 206 Å². The van der Waals surface area contributed by atoms with E-state index in [4.69, 9.17) is 14.4 Å². The first-order chi connectivity index (χ1) is 30.3. The molecule has 13 rings (SSSR count). The predicted octanol–water partition coefficient (Wildman–Crippen LogP) is 14.7. The van der Waals surface area contributed by atoms with Gasteiger partial charge in [-0.2, -0.15) is 0 Å². The van der Waals surface area contributed by atoms with Crippen molar-refractivity contribution in [2.75, 3.05) is 0 Å². The molecule has 4 aromatic heterocycles. The minimum Gasteiger partial charge on any atom is -0.456 e. The van der Waals surface area contributed by atoms with Crippen LogP contribution in [0.2, 0.25) is 0 Å². The SMILES string of the molecule is c1ccc(-c2ccc(-c3nc(-n4c5ccccc5c5ccc6c(c7ccc8oc9ccccc9c8c7n6-c6cccc(-c7ccccc7)c6)c54)nc4ccccc34)cc2)cc1. The van der Waals surface area contributed by atoms with Crippen LogP contribution in [0.15, 0.2) is 211 Å². The second-order valence-corrected chi connectivity index (χ2v) is 15.7. The number of aromatic nitrogens is 4. The van der Waals surface area contributed by atoms with E-state index in [0.717, 1.165) is 105 Å². The molecule has 0 aliphatic heterocycles. The lowest BCUT2D eigenvalue weighted by Gasteiger charge is -2.13.